The molecule has 1 heterocycles. The smallest absolute Gasteiger partial charge is 0.244 e. The molecule has 26 heavy (non-hydrogen) atoms. The second-order valence-corrected chi connectivity index (χ2v) is 8.11. The fraction of sp³-hybridized carbons (Fsp3) is 0.550. The predicted molar refractivity (Wildman–Crippen MR) is 93.2 cm³/mol. The van der Waals surface area contributed by atoms with Crippen molar-refractivity contribution in [3.8, 4) is 5.75 Å². The Bertz CT molecular complexity index is 767. The van der Waals surface area contributed by atoms with Gasteiger partial charge in [0.2, 0.25) is 17.7 Å². The van der Waals surface area contributed by atoms with Crippen LogP contribution in [0.2, 0.25) is 0 Å². The van der Waals surface area contributed by atoms with Crippen LogP contribution in [0.3, 0.4) is 0 Å². The summed E-state index contributed by atoms with van der Waals surface area (Å²) < 4.78 is 5.09. The zero-order valence-corrected chi connectivity index (χ0v) is 14.7. The van der Waals surface area contributed by atoms with Crippen molar-refractivity contribution in [3.05, 3.63) is 24.3 Å². The summed E-state index contributed by atoms with van der Waals surface area (Å²) in [4.78, 5) is 39.3. The molecule has 1 aliphatic heterocycles. The van der Waals surface area contributed by atoms with Crippen molar-refractivity contribution in [3.63, 3.8) is 0 Å². The molecule has 4 aliphatic rings. The molecule has 6 heteroatoms. The Balaban J connectivity index is 1.28. The van der Waals surface area contributed by atoms with E-state index in [1.165, 1.54) is 17.7 Å². The van der Waals surface area contributed by atoms with E-state index in [2.05, 4.69) is 5.32 Å². The number of hydrogen-bond acceptors (Lipinski definition) is 4. The average Bonchev–Trinajstić information content (AvgIpc) is 3.25. The first-order valence-corrected chi connectivity index (χ1v) is 9.34. The third-order valence-corrected chi connectivity index (χ3v) is 7.12. The van der Waals surface area contributed by atoms with Crippen LogP contribution >= 0.6 is 0 Å². The molecule has 1 aromatic rings. The Morgan fingerprint density at radius 2 is 1.69 bits per heavy atom. The van der Waals surface area contributed by atoms with Crippen LogP contribution in [0.4, 0.5) is 5.69 Å². The second-order valence-electron chi connectivity index (χ2n) is 8.11. The molecule has 1 spiro atoms. The summed E-state index contributed by atoms with van der Waals surface area (Å²) >= 11 is 0. The highest BCUT2D eigenvalue weighted by Crippen LogP contribution is 2.75. The van der Waals surface area contributed by atoms with Crippen LogP contribution in [0, 0.1) is 29.1 Å². The Morgan fingerprint density at radius 1 is 1.12 bits per heavy atom. The van der Waals surface area contributed by atoms with Gasteiger partial charge in [-0.3, -0.25) is 19.3 Å². The molecule has 4 atom stereocenters. The molecule has 2 bridgehead atoms. The minimum absolute atomic E-state index is 0.122. The summed E-state index contributed by atoms with van der Waals surface area (Å²) in [6, 6.07) is 6.96. The van der Waals surface area contributed by atoms with Gasteiger partial charge < -0.3 is 10.1 Å². The second kappa shape index (κ2) is 5.32. The zero-order valence-electron chi connectivity index (χ0n) is 14.7. The summed E-state index contributed by atoms with van der Waals surface area (Å²) in [5, 5.41) is 2.75. The Hall–Kier alpha value is -2.37. The molecule has 4 unspecified atom stereocenters. The summed E-state index contributed by atoms with van der Waals surface area (Å²) in [5.74, 6) is 0.504. The van der Waals surface area contributed by atoms with Crippen molar-refractivity contribution in [2.75, 3.05) is 19.0 Å². The van der Waals surface area contributed by atoms with Crippen molar-refractivity contribution < 1.29 is 19.1 Å². The SMILES string of the molecule is COc1ccc(NC(=O)CN2C(=O)C3C(C2=O)C2CCC3C23CC3)cc1. The summed E-state index contributed by atoms with van der Waals surface area (Å²) in [6.45, 7) is -0.191. The first kappa shape index (κ1) is 15.9. The largest absolute Gasteiger partial charge is 0.497 e. The molecule has 4 fully saturated rings. The molecule has 3 saturated carbocycles. The van der Waals surface area contributed by atoms with Gasteiger partial charge in [-0.15, -0.1) is 0 Å². The molecule has 5 rings (SSSR count). The number of fused-ring (bicyclic) bond motifs is 3. The molecule has 6 nitrogen and oxygen atoms in total. The molecule has 1 N–H and O–H groups in total. The van der Waals surface area contributed by atoms with Gasteiger partial charge >= 0.3 is 0 Å². The molecule has 3 aliphatic carbocycles. The number of benzene rings is 1. The summed E-state index contributed by atoms with van der Waals surface area (Å²) in [7, 11) is 1.58. The number of ether oxygens (including phenoxy) is 1. The van der Waals surface area contributed by atoms with Gasteiger partial charge in [0.05, 0.1) is 18.9 Å². The van der Waals surface area contributed by atoms with E-state index in [0.717, 1.165) is 12.8 Å². The topological polar surface area (TPSA) is 75.7 Å². The Kier molecular flexibility index (Phi) is 3.24. The highest BCUT2D eigenvalue weighted by Gasteiger charge is 2.74. The van der Waals surface area contributed by atoms with Crippen molar-refractivity contribution in [1.82, 2.24) is 4.90 Å². The minimum Gasteiger partial charge on any atom is -0.497 e. The van der Waals surface area contributed by atoms with Gasteiger partial charge in [-0.25, -0.2) is 0 Å². The van der Waals surface area contributed by atoms with Gasteiger partial charge in [0.1, 0.15) is 12.3 Å². The van der Waals surface area contributed by atoms with Crippen LogP contribution in [0.25, 0.3) is 0 Å². The normalized spacial score (nSPS) is 32.9. The standard InChI is InChI=1S/C20H22N2O4/c1-26-12-4-2-11(3-5-12)21-15(23)10-22-18(24)16-13-6-7-14(17(16)19(22)25)20(13)8-9-20/h2-5,13-14,16-17H,6-10H2,1H3,(H,21,23). The van der Waals surface area contributed by atoms with Crippen molar-refractivity contribution in [1.29, 1.82) is 0 Å². The molecule has 1 aromatic carbocycles. The van der Waals surface area contributed by atoms with Crippen molar-refractivity contribution in [2.24, 2.45) is 29.1 Å². The van der Waals surface area contributed by atoms with E-state index < -0.39 is 0 Å². The van der Waals surface area contributed by atoms with Gasteiger partial charge in [-0.1, -0.05) is 0 Å². The Morgan fingerprint density at radius 3 is 2.19 bits per heavy atom. The van der Waals surface area contributed by atoms with Crippen LogP contribution in [0.1, 0.15) is 25.7 Å². The van der Waals surface area contributed by atoms with Gasteiger partial charge in [-0.2, -0.15) is 0 Å². The van der Waals surface area contributed by atoms with E-state index in [1.807, 2.05) is 0 Å². The molecule has 136 valence electrons. The molecule has 1 saturated heterocycles. The van der Waals surface area contributed by atoms with E-state index >= 15 is 0 Å². The van der Waals surface area contributed by atoms with E-state index in [-0.39, 0.29) is 41.5 Å². The number of hydrogen-bond donors (Lipinski definition) is 1. The first-order chi connectivity index (χ1) is 12.5. The number of imide groups is 1. The molecular formula is C20H22N2O4. The number of likely N-dealkylation sites (tertiary alicyclic amines) is 1. The monoisotopic (exact) mass is 354 g/mol. The zero-order chi connectivity index (χ0) is 18.1. The number of nitrogens with zero attached hydrogens (tertiary/aromatic N) is 1. The Labute approximate surface area is 151 Å². The summed E-state index contributed by atoms with van der Waals surface area (Å²) in [6.07, 6.45) is 4.48. The molecular weight excluding hydrogens is 332 g/mol. The number of amides is 3. The van der Waals surface area contributed by atoms with E-state index in [4.69, 9.17) is 4.74 Å². The average molecular weight is 354 g/mol. The van der Waals surface area contributed by atoms with E-state index in [9.17, 15) is 14.4 Å². The van der Waals surface area contributed by atoms with Crippen molar-refractivity contribution >= 4 is 23.4 Å². The van der Waals surface area contributed by atoms with Crippen LogP contribution in [0.15, 0.2) is 24.3 Å². The lowest BCUT2D eigenvalue weighted by Gasteiger charge is -2.21. The number of methoxy groups -OCH3 is 1. The number of carbonyl (C=O) groups excluding carboxylic acids is 3. The minimum atomic E-state index is -0.342. The van der Waals surface area contributed by atoms with Crippen LogP contribution in [-0.2, 0) is 14.4 Å². The van der Waals surface area contributed by atoms with Gasteiger partial charge in [-0.05, 0) is 67.2 Å². The molecule has 3 amide bonds. The maximum Gasteiger partial charge on any atom is 0.244 e. The quantitative estimate of drug-likeness (QED) is 0.840. The highest BCUT2D eigenvalue weighted by atomic mass is 16.5. The number of anilines is 1. The lowest BCUT2D eigenvalue weighted by atomic mass is 9.81. The number of carbonyl (C=O) groups is 3. The van der Waals surface area contributed by atoms with Gasteiger partial charge in [0, 0.05) is 5.69 Å². The van der Waals surface area contributed by atoms with Gasteiger partial charge in [0.25, 0.3) is 0 Å². The lowest BCUT2D eigenvalue weighted by molar-refractivity contribution is -0.143. The third kappa shape index (κ3) is 2.01. The lowest BCUT2D eigenvalue weighted by Crippen LogP contribution is -2.40. The van der Waals surface area contributed by atoms with Gasteiger partial charge in [0.15, 0.2) is 0 Å². The van der Waals surface area contributed by atoms with Crippen LogP contribution in [-0.4, -0.2) is 36.3 Å². The number of nitrogens with one attached hydrogen (secondary N) is 1. The maximum absolute atomic E-state index is 12.9. The van der Waals surface area contributed by atoms with Crippen LogP contribution < -0.4 is 10.1 Å². The fourth-order valence-corrected chi connectivity index (χ4v) is 5.96. The number of rotatable bonds is 4. The van der Waals surface area contributed by atoms with Crippen molar-refractivity contribution in [2.45, 2.75) is 25.7 Å². The van der Waals surface area contributed by atoms with Crippen LogP contribution in [0.5, 0.6) is 5.75 Å². The molecule has 0 aromatic heterocycles. The highest BCUT2D eigenvalue weighted by molar-refractivity contribution is 6.09. The van der Waals surface area contributed by atoms with E-state index in [0.29, 0.717) is 23.3 Å². The molecule has 0 radical (unpaired) electrons. The maximum atomic E-state index is 12.9. The third-order valence-electron chi connectivity index (χ3n) is 7.12. The van der Waals surface area contributed by atoms with E-state index in [1.54, 1.807) is 31.4 Å². The predicted octanol–water partition coefficient (Wildman–Crippen LogP) is 2.05. The first-order valence-electron chi connectivity index (χ1n) is 9.34. The fourth-order valence-electron chi connectivity index (χ4n) is 5.96. The summed E-state index contributed by atoms with van der Waals surface area (Å²) in [5.41, 5.74) is 0.907.